The molecule has 4 aromatic rings. The van der Waals surface area contributed by atoms with Crippen LogP contribution in [-0.4, -0.2) is 28.1 Å². The zero-order valence-electron chi connectivity index (χ0n) is 15.6. The maximum Gasteiger partial charge on any atom is 0.257 e. The van der Waals surface area contributed by atoms with Gasteiger partial charge in [-0.15, -0.1) is 0 Å². The Balaban J connectivity index is 1.60. The van der Waals surface area contributed by atoms with Crippen molar-refractivity contribution >= 4 is 32.8 Å². The average molecular weight is 430 g/mol. The highest BCUT2D eigenvalue weighted by molar-refractivity contribution is 7.98. The molecule has 0 radical (unpaired) electrons. The van der Waals surface area contributed by atoms with E-state index < -0.39 is 10.0 Å². The van der Waals surface area contributed by atoms with E-state index in [0.29, 0.717) is 23.0 Å². The number of imidazole rings is 1. The molecule has 2 N–H and O–H groups in total. The Morgan fingerprint density at radius 2 is 1.93 bits per heavy atom. The molecule has 2 aromatic heterocycles. The first-order valence-electron chi connectivity index (χ1n) is 8.99. The number of primary sulfonamides is 1. The van der Waals surface area contributed by atoms with E-state index in [9.17, 15) is 8.42 Å². The van der Waals surface area contributed by atoms with Gasteiger partial charge in [0.2, 0.25) is 10.0 Å². The summed E-state index contributed by atoms with van der Waals surface area (Å²) in [4.78, 5) is 9.09. The molecule has 0 aliphatic carbocycles. The molecule has 150 valence electrons. The highest BCUT2D eigenvalue weighted by Crippen LogP contribution is 2.28. The number of aromatic nitrogens is 4. The van der Waals surface area contributed by atoms with E-state index in [0.717, 1.165) is 29.2 Å². The zero-order chi connectivity index (χ0) is 20.4. The van der Waals surface area contributed by atoms with Gasteiger partial charge in [-0.25, -0.2) is 18.5 Å². The molecule has 0 saturated carbocycles. The number of hydrogen-bond acceptors (Lipinski definition) is 7. The fraction of sp³-hybridized carbons (Fsp3) is 0.211. The summed E-state index contributed by atoms with van der Waals surface area (Å²) in [7, 11) is -3.78. The first-order chi connectivity index (χ1) is 14.0. The first-order valence-corrected chi connectivity index (χ1v) is 11.5. The fourth-order valence-electron chi connectivity index (χ4n) is 2.95. The van der Waals surface area contributed by atoms with Gasteiger partial charge in [0.1, 0.15) is 0 Å². The minimum absolute atomic E-state index is 0.0494. The van der Waals surface area contributed by atoms with Crippen LogP contribution >= 0.6 is 11.8 Å². The van der Waals surface area contributed by atoms with Gasteiger partial charge in [-0.2, -0.15) is 4.98 Å². The molecule has 29 heavy (non-hydrogen) atoms. The maximum atomic E-state index is 11.6. The van der Waals surface area contributed by atoms with Crippen LogP contribution < -0.4 is 5.14 Å². The lowest BCUT2D eigenvalue weighted by Crippen LogP contribution is -2.11. The molecule has 2 heterocycles. The highest BCUT2D eigenvalue weighted by atomic mass is 32.2. The summed E-state index contributed by atoms with van der Waals surface area (Å²) in [6.07, 6.45) is 0.913. The van der Waals surface area contributed by atoms with Gasteiger partial charge in [-0.1, -0.05) is 42.0 Å². The third-order valence-corrected chi connectivity index (χ3v) is 6.16. The molecule has 0 aliphatic rings. The van der Waals surface area contributed by atoms with Crippen molar-refractivity contribution in [3.8, 4) is 11.5 Å². The third-order valence-electron chi connectivity index (χ3n) is 4.28. The lowest BCUT2D eigenvalue weighted by atomic mass is 10.2. The van der Waals surface area contributed by atoms with Crippen molar-refractivity contribution in [1.29, 1.82) is 0 Å². The number of nitrogens with two attached hydrogens (primary N) is 1. The molecule has 0 saturated heterocycles. The van der Waals surface area contributed by atoms with Gasteiger partial charge in [-0.3, -0.25) is 0 Å². The predicted molar refractivity (Wildman–Crippen MR) is 111 cm³/mol. The topological polar surface area (TPSA) is 117 Å². The fourth-order valence-corrected chi connectivity index (χ4v) is 4.37. The summed E-state index contributed by atoms with van der Waals surface area (Å²) in [6.45, 7) is 2.83. The number of thioether (sulfide) groups is 1. The van der Waals surface area contributed by atoms with Crippen molar-refractivity contribution in [3.63, 3.8) is 0 Å². The van der Waals surface area contributed by atoms with E-state index in [2.05, 4.69) is 26.6 Å². The summed E-state index contributed by atoms with van der Waals surface area (Å²) >= 11 is 1.47. The average Bonchev–Trinajstić information content (AvgIpc) is 3.31. The van der Waals surface area contributed by atoms with Crippen LogP contribution in [0, 0.1) is 0 Å². The lowest BCUT2D eigenvalue weighted by molar-refractivity contribution is 0.425. The van der Waals surface area contributed by atoms with E-state index in [1.807, 2.05) is 30.3 Å². The number of sulfonamides is 1. The number of aryl methyl sites for hydroxylation is 1. The molecule has 0 fully saturated rings. The summed E-state index contributed by atoms with van der Waals surface area (Å²) in [5.41, 5.74) is 2.32. The Bertz CT molecular complexity index is 1250. The van der Waals surface area contributed by atoms with E-state index >= 15 is 0 Å². The van der Waals surface area contributed by atoms with Crippen molar-refractivity contribution in [2.45, 2.75) is 35.7 Å². The van der Waals surface area contributed by atoms with Crippen LogP contribution in [0.15, 0.2) is 63.1 Å². The van der Waals surface area contributed by atoms with Crippen LogP contribution in [0.4, 0.5) is 0 Å². The Hall–Kier alpha value is -2.69. The second-order valence-electron chi connectivity index (χ2n) is 6.41. The Kier molecular flexibility index (Phi) is 5.39. The molecule has 0 aliphatic heterocycles. The predicted octanol–water partition coefficient (Wildman–Crippen LogP) is 3.44. The van der Waals surface area contributed by atoms with Gasteiger partial charge in [0.25, 0.3) is 5.89 Å². The molecule has 10 heteroatoms. The molecule has 0 bridgehead atoms. The van der Waals surface area contributed by atoms with Gasteiger partial charge in [0.15, 0.2) is 11.0 Å². The van der Waals surface area contributed by atoms with Crippen LogP contribution in [0.1, 0.15) is 19.2 Å². The SMILES string of the molecule is CCCn1c(SCc2noc(-c3ccccc3)n2)nc2cc(S(N)(=O)=O)ccc21. The summed E-state index contributed by atoms with van der Waals surface area (Å²) in [6, 6.07) is 14.3. The van der Waals surface area contributed by atoms with Crippen LogP contribution in [0.5, 0.6) is 0 Å². The molecule has 0 spiro atoms. The van der Waals surface area contributed by atoms with Crippen molar-refractivity contribution in [2.75, 3.05) is 0 Å². The summed E-state index contributed by atoms with van der Waals surface area (Å²) in [5.74, 6) is 1.51. The minimum Gasteiger partial charge on any atom is -0.334 e. The molecular formula is C19H19N5O3S2. The molecule has 8 nitrogen and oxygen atoms in total. The summed E-state index contributed by atoms with van der Waals surface area (Å²) in [5, 5.41) is 10.0. The van der Waals surface area contributed by atoms with E-state index in [4.69, 9.17) is 9.66 Å². The largest absolute Gasteiger partial charge is 0.334 e. The Labute approximate surface area is 172 Å². The number of fused-ring (bicyclic) bond motifs is 1. The number of nitrogens with zero attached hydrogens (tertiary/aromatic N) is 4. The van der Waals surface area contributed by atoms with Crippen molar-refractivity contribution in [2.24, 2.45) is 5.14 Å². The molecular weight excluding hydrogens is 410 g/mol. The molecule has 0 unspecified atom stereocenters. The van der Waals surface area contributed by atoms with E-state index in [-0.39, 0.29) is 4.90 Å². The van der Waals surface area contributed by atoms with Gasteiger partial charge < -0.3 is 9.09 Å². The molecule has 2 aromatic carbocycles. The highest BCUT2D eigenvalue weighted by Gasteiger charge is 2.16. The standard InChI is InChI=1S/C19H19N5O3S2/c1-2-10-24-16-9-8-14(29(20,25)26)11-15(16)21-19(24)28-12-17-22-18(27-23-17)13-6-4-3-5-7-13/h3-9,11H,2,10,12H2,1H3,(H2,20,25,26). The van der Waals surface area contributed by atoms with Crippen LogP contribution in [0.25, 0.3) is 22.5 Å². The zero-order valence-corrected chi connectivity index (χ0v) is 17.3. The maximum absolute atomic E-state index is 11.6. The molecule has 0 atom stereocenters. The number of hydrogen-bond donors (Lipinski definition) is 1. The lowest BCUT2D eigenvalue weighted by Gasteiger charge is -2.06. The van der Waals surface area contributed by atoms with Crippen molar-refractivity contribution in [1.82, 2.24) is 19.7 Å². The molecule has 0 amide bonds. The second kappa shape index (κ2) is 7.97. The van der Waals surface area contributed by atoms with E-state index in [1.165, 1.54) is 23.9 Å². The first kappa shape index (κ1) is 19.6. The molecule has 4 rings (SSSR count). The Morgan fingerprint density at radius 1 is 1.14 bits per heavy atom. The monoisotopic (exact) mass is 429 g/mol. The third kappa shape index (κ3) is 4.19. The normalized spacial score (nSPS) is 11.9. The van der Waals surface area contributed by atoms with Gasteiger partial charge in [0, 0.05) is 12.1 Å². The van der Waals surface area contributed by atoms with Crippen LogP contribution in [-0.2, 0) is 22.3 Å². The van der Waals surface area contributed by atoms with Gasteiger partial charge in [0.05, 0.1) is 21.7 Å². The van der Waals surface area contributed by atoms with Crippen molar-refractivity contribution in [3.05, 3.63) is 54.4 Å². The van der Waals surface area contributed by atoms with Crippen LogP contribution in [0.3, 0.4) is 0 Å². The quantitative estimate of drug-likeness (QED) is 0.447. The Morgan fingerprint density at radius 3 is 2.66 bits per heavy atom. The smallest absolute Gasteiger partial charge is 0.257 e. The summed E-state index contributed by atoms with van der Waals surface area (Å²) < 4.78 is 30.7. The number of benzene rings is 2. The van der Waals surface area contributed by atoms with Gasteiger partial charge in [-0.05, 0) is 36.8 Å². The van der Waals surface area contributed by atoms with Crippen molar-refractivity contribution < 1.29 is 12.9 Å². The number of rotatable bonds is 7. The second-order valence-corrected chi connectivity index (χ2v) is 8.92. The van der Waals surface area contributed by atoms with E-state index in [1.54, 1.807) is 6.07 Å². The minimum atomic E-state index is -3.78. The van der Waals surface area contributed by atoms with Crippen LogP contribution in [0.2, 0.25) is 0 Å². The van der Waals surface area contributed by atoms with Gasteiger partial charge >= 0.3 is 0 Å².